The summed E-state index contributed by atoms with van der Waals surface area (Å²) in [5.74, 6) is -1.07. The number of cyclic esters (lactones) is 1. The van der Waals surface area contributed by atoms with Gasteiger partial charge in [-0.3, -0.25) is 0 Å². The Balaban J connectivity index is 2.82. The van der Waals surface area contributed by atoms with Crippen LogP contribution in [0.1, 0.15) is 20.8 Å². The van der Waals surface area contributed by atoms with Gasteiger partial charge in [-0.2, -0.15) is 0 Å². The van der Waals surface area contributed by atoms with E-state index in [1.54, 1.807) is 19.9 Å². The zero-order chi connectivity index (χ0) is 16.0. The van der Waals surface area contributed by atoms with Crippen molar-refractivity contribution in [2.24, 2.45) is 0 Å². The summed E-state index contributed by atoms with van der Waals surface area (Å²) in [4.78, 5) is 22.9. The summed E-state index contributed by atoms with van der Waals surface area (Å²) in [7, 11) is 0. The summed E-state index contributed by atoms with van der Waals surface area (Å²) in [6.45, 7) is 4.73. The van der Waals surface area contributed by atoms with Gasteiger partial charge in [-0.15, -0.1) is 0 Å². The minimum Gasteiger partial charge on any atom is -0.451 e. The van der Waals surface area contributed by atoms with Gasteiger partial charge in [0.15, 0.2) is 12.2 Å². The molecular formula is C15H20O6. The van der Waals surface area contributed by atoms with E-state index < -0.39 is 36.4 Å². The highest BCUT2D eigenvalue weighted by Gasteiger charge is 2.28. The number of carbonyl (C=O) groups is 2. The first-order valence-electron chi connectivity index (χ1n) is 6.62. The lowest BCUT2D eigenvalue weighted by Gasteiger charge is -2.20. The first kappa shape index (κ1) is 17.1. The van der Waals surface area contributed by atoms with Crippen LogP contribution >= 0.6 is 0 Å². The molecule has 0 aromatic carbocycles. The molecule has 2 N–H and O–H groups in total. The quantitative estimate of drug-likeness (QED) is 0.424. The summed E-state index contributed by atoms with van der Waals surface area (Å²) < 4.78 is 10.2. The monoisotopic (exact) mass is 296 g/mol. The fourth-order valence-electron chi connectivity index (χ4n) is 1.50. The van der Waals surface area contributed by atoms with Crippen molar-refractivity contribution in [2.45, 2.75) is 45.2 Å². The fourth-order valence-corrected chi connectivity index (χ4v) is 1.50. The average Bonchev–Trinajstić information content (AvgIpc) is 2.87. The van der Waals surface area contributed by atoms with Crippen molar-refractivity contribution < 1.29 is 29.3 Å². The first-order chi connectivity index (χ1) is 9.85. The van der Waals surface area contributed by atoms with Crippen molar-refractivity contribution in [2.75, 3.05) is 0 Å². The van der Waals surface area contributed by atoms with Crippen molar-refractivity contribution in [1.29, 1.82) is 0 Å². The molecule has 1 aliphatic heterocycles. The van der Waals surface area contributed by atoms with Crippen molar-refractivity contribution in [3.63, 3.8) is 0 Å². The van der Waals surface area contributed by atoms with Crippen molar-refractivity contribution in [1.82, 2.24) is 0 Å². The predicted octanol–water partition coefficient (Wildman–Crippen LogP) is 0.644. The van der Waals surface area contributed by atoms with E-state index in [2.05, 4.69) is 0 Å². The number of carbonyl (C=O) groups excluding carboxylic acids is 2. The largest absolute Gasteiger partial charge is 0.451 e. The van der Waals surface area contributed by atoms with Crippen LogP contribution in [-0.4, -0.2) is 46.6 Å². The fraction of sp³-hybridized carbons (Fsp3) is 0.467. The molecule has 0 radical (unpaired) electrons. The second kappa shape index (κ2) is 7.75. The zero-order valence-corrected chi connectivity index (χ0v) is 12.2. The maximum atomic E-state index is 11.8. The number of aliphatic hydroxyl groups is 2. The summed E-state index contributed by atoms with van der Waals surface area (Å²) in [6, 6.07) is 0. The molecule has 0 fully saturated rings. The van der Waals surface area contributed by atoms with Gasteiger partial charge in [0, 0.05) is 11.6 Å². The van der Waals surface area contributed by atoms with Gasteiger partial charge in [-0.1, -0.05) is 12.2 Å². The second-order valence-electron chi connectivity index (χ2n) is 4.72. The molecule has 4 atom stereocenters. The molecule has 1 heterocycles. The number of ether oxygens (including phenoxy) is 2. The van der Waals surface area contributed by atoms with Crippen LogP contribution in [0, 0.1) is 0 Å². The molecule has 0 amide bonds. The smallest absolute Gasteiger partial charge is 0.334 e. The standard InChI is InChI=1S/C15H20O6/c1-4-9(2)15(19)21-13(6-5-11(17)10(3)16)12-7-8-14(18)20-12/h4-8,10-13,16-17H,1-3H3/b6-5+,9-4+/t10-,11-,12+,13+/m0/s1. The molecule has 6 heteroatoms. The van der Waals surface area contributed by atoms with E-state index in [1.807, 2.05) is 0 Å². The molecule has 0 bridgehead atoms. The normalized spacial score (nSPS) is 23.0. The Morgan fingerprint density at radius 2 is 2.10 bits per heavy atom. The number of hydrogen-bond donors (Lipinski definition) is 2. The van der Waals surface area contributed by atoms with Gasteiger partial charge in [-0.25, -0.2) is 9.59 Å². The van der Waals surface area contributed by atoms with E-state index in [4.69, 9.17) is 9.47 Å². The van der Waals surface area contributed by atoms with Crippen LogP contribution < -0.4 is 0 Å². The summed E-state index contributed by atoms with van der Waals surface area (Å²) in [5, 5.41) is 18.8. The van der Waals surface area contributed by atoms with Crippen LogP contribution in [0.15, 0.2) is 36.0 Å². The lowest BCUT2D eigenvalue weighted by atomic mass is 10.1. The highest BCUT2D eigenvalue weighted by atomic mass is 16.6. The molecule has 0 unspecified atom stereocenters. The molecule has 6 nitrogen and oxygen atoms in total. The number of aliphatic hydroxyl groups excluding tert-OH is 2. The SMILES string of the molecule is C/C=C(\C)C(=O)O[C@H](/C=C/[C@H](O)[C@H](C)O)[C@H]1C=CC(=O)O1. The third-order valence-electron chi connectivity index (χ3n) is 2.99. The zero-order valence-electron chi connectivity index (χ0n) is 12.2. The van der Waals surface area contributed by atoms with Gasteiger partial charge in [0.1, 0.15) is 0 Å². The molecule has 1 aliphatic rings. The van der Waals surface area contributed by atoms with E-state index in [-0.39, 0.29) is 0 Å². The minimum atomic E-state index is -1.10. The predicted molar refractivity (Wildman–Crippen MR) is 75.2 cm³/mol. The molecule has 0 spiro atoms. The van der Waals surface area contributed by atoms with Crippen LogP contribution in [0.25, 0.3) is 0 Å². The van der Waals surface area contributed by atoms with Gasteiger partial charge in [0.2, 0.25) is 0 Å². The number of allylic oxidation sites excluding steroid dienone is 1. The van der Waals surface area contributed by atoms with Crippen LogP contribution in [-0.2, 0) is 19.1 Å². The molecule has 0 aromatic heterocycles. The van der Waals surface area contributed by atoms with E-state index in [1.165, 1.54) is 31.2 Å². The Morgan fingerprint density at radius 3 is 2.57 bits per heavy atom. The Kier molecular flexibility index (Phi) is 6.33. The number of esters is 2. The highest BCUT2D eigenvalue weighted by molar-refractivity contribution is 5.88. The molecule has 0 aromatic rings. The molecule has 0 aliphatic carbocycles. The summed E-state index contributed by atoms with van der Waals surface area (Å²) in [5.41, 5.74) is 0.415. The van der Waals surface area contributed by atoms with Gasteiger partial charge < -0.3 is 19.7 Å². The van der Waals surface area contributed by atoms with Crippen LogP contribution in [0.2, 0.25) is 0 Å². The van der Waals surface area contributed by atoms with Gasteiger partial charge >= 0.3 is 11.9 Å². The van der Waals surface area contributed by atoms with E-state index in [0.29, 0.717) is 5.57 Å². The first-order valence-corrected chi connectivity index (χ1v) is 6.62. The lowest BCUT2D eigenvalue weighted by molar-refractivity contribution is -0.153. The van der Waals surface area contributed by atoms with Crippen molar-refractivity contribution in [3.05, 3.63) is 36.0 Å². The molecule has 116 valence electrons. The molecule has 21 heavy (non-hydrogen) atoms. The molecule has 0 saturated heterocycles. The second-order valence-corrected chi connectivity index (χ2v) is 4.72. The van der Waals surface area contributed by atoms with E-state index in [9.17, 15) is 19.8 Å². The average molecular weight is 296 g/mol. The number of rotatable bonds is 6. The van der Waals surface area contributed by atoms with E-state index >= 15 is 0 Å². The highest BCUT2D eigenvalue weighted by Crippen LogP contribution is 2.16. The van der Waals surface area contributed by atoms with Crippen LogP contribution in [0.5, 0.6) is 0 Å². The lowest BCUT2D eigenvalue weighted by Crippen LogP contribution is -2.30. The Bertz CT molecular complexity index is 475. The summed E-state index contributed by atoms with van der Waals surface area (Å²) in [6.07, 6.45) is 3.33. The Hall–Kier alpha value is -1.92. The minimum absolute atomic E-state index is 0.415. The third kappa shape index (κ3) is 5.17. The Morgan fingerprint density at radius 1 is 1.43 bits per heavy atom. The number of hydrogen-bond acceptors (Lipinski definition) is 6. The molecule has 1 rings (SSSR count). The third-order valence-corrected chi connectivity index (χ3v) is 2.99. The van der Waals surface area contributed by atoms with Crippen LogP contribution in [0.3, 0.4) is 0 Å². The maximum Gasteiger partial charge on any atom is 0.334 e. The van der Waals surface area contributed by atoms with Crippen molar-refractivity contribution in [3.8, 4) is 0 Å². The van der Waals surface area contributed by atoms with Gasteiger partial charge in [0.25, 0.3) is 0 Å². The van der Waals surface area contributed by atoms with Crippen LogP contribution in [0.4, 0.5) is 0 Å². The Labute approximate surface area is 123 Å². The van der Waals surface area contributed by atoms with E-state index in [0.717, 1.165) is 0 Å². The summed E-state index contributed by atoms with van der Waals surface area (Å²) >= 11 is 0. The van der Waals surface area contributed by atoms with Gasteiger partial charge in [-0.05, 0) is 32.9 Å². The van der Waals surface area contributed by atoms with Gasteiger partial charge in [0.05, 0.1) is 12.2 Å². The maximum absolute atomic E-state index is 11.8. The topological polar surface area (TPSA) is 93.1 Å². The molecule has 0 saturated carbocycles. The molecular weight excluding hydrogens is 276 g/mol. The van der Waals surface area contributed by atoms with Crippen molar-refractivity contribution >= 4 is 11.9 Å².